The molecule has 24 heavy (non-hydrogen) atoms. The summed E-state index contributed by atoms with van der Waals surface area (Å²) in [7, 11) is 0. The largest absolute Gasteiger partial charge is 0.347 e. The summed E-state index contributed by atoms with van der Waals surface area (Å²) in [6.07, 6.45) is 4.34. The average Bonchev–Trinajstić information content (AvgIpc) is 3.09. The zero-order valence-corrected chi connectivity index (χ0v) is 13.5. The van der Waals surface area contributed by atoms with Crippen LogP contribution in [0, 0.1) is 0 Å². The van der Waals surface area contributed by atoms with E-state index in [1.807, 2.05) is 24.3 Å². The molecule has 0 aliphatic rings. The van der Waals surface area contributed by atoms with Crippen LogP contribution in [-0.2, 0) is 17.8 Å². The highest BCUT2D eigenvalue weighted by atomic mass is 35.5. The van der Waals surface area contributed by atoms with Gasteiger partial charge in [0.05, 0.1) is 6.54 Å². The van der Waals surface area contributed by atoms with Crippen molar-refractivity contribution in [2.75, 3.05) is 0 Å². The molecular formula is C17H15ClN4O2. The first-order valence-corrected chi connectivity index (χ1v) is 7.82. The highest BCUT2D eigenvalue weighted by molar-refractivity contribution is 6.30. The average molecular weight is 343 g/mol. The highest BCUT2D eigenvalue weighted by Gasteiger charge is 2.09. The molecule has 0 saturated heterocycles. The van der Waals surface area contributed by atoms with E-state index >= 15 is 0 Å². The van der Waals surface area contributed by atoms with Gasteiger partial charge in [-0.2, -0.15) is 4.98 Å². The van der Waals surface area contributed by atoms with Gasteiger partial charge in [-0.3, -0.25) is 9.78 Å². The molecule has 0 fully saturated rings. The number of amides is 1. The quantitative estimate of drug-likeness (QED) is 0.744. The molecule has 1 amide bonds. The van der Waals surface area contributed by atoms with Crippen LogP contribution in [0.1, 0.15) is 17.9 Å². The van der Waals surface area contributed by atoms with E-state index in [0.717, 1.165) is 11.1 Å². The first kappa shape index (κ1) is 16.1. The van der Waals surface area contributed by atoms with Gasteiger partial charge in [0.2, 0.25) is 17.6 Å². The molecule has 2 heterocycles. The minimum atomic E-state index is -0.0754. The fourth-order valence-electron chi connectivity index (χ4n) is 2.12. The molecule has 0 unspecified atom stereocenters. The number of hydrogen-bond donors (Lipinski definition) is 1. The Morgan fingerprint density at radius 2 is 1.88 bits per heavy atom. The van der Waals surface area contributed by atoms with E-state index in [1.54, 1.807) is 24.5 Å². The van der Waals surface area contributed by atoms with Crippen molar-refractivity contribution in [3.05, 3.63) is 65.3 Å². The van der Waals surface area contributed by atoms with Gasteiger partial charge < -0.3 is 9.84 Å². The molecule has 3 rings (SSSR count). The van der Waals surface area contributed by atoms with Crippen molar-refractivity contribution >= 4 is 17.5 Å². The standard InChI is InChI=1S/C17H15ClN4O2/c18-14-4-1-12(2-5-14)3-6-15(23)20-11-16-21-17(22-24-16)13-7-9-19-10-8-13/h1-2,4-5,7-10H,3,6,11H2,(H,20,23). The number of aromatic nitrogens is 3. The second-order valence-electron chi connectivity index (χ2n) is 5.15. The number of nitrogens with one attached hydrogen (secondary N) is 1. The lowest BCUT2D eigenvalue weighted by atomic mass is 10.1. The van der Waals surface area contributed by atoms with E-state index < -0.39 is 0 Å². The van der Waals surface area contributed by atoms with Crippen LogP contribution in [0.25, 0.3) is 11.4 Å². The second kappa shape index (κ2) is 7.70. The van der Waals surface area contributed by atoms with Crippen LogP contribution in [-0.4, -0.2) is 21.0 Å². The van der Waals surface area contributed by atoms with Crippen molar-refractivity contribution in [1.82, 2.24) is 20.4 Å². The molecular weight excluding hydrogens is 328 g/mol. The summed E-state index contributed by atoms with van der Waals surface area (Å²) in [5, 5.41) is 7.35. The zero-order chi connectivity index (χ0) is 16.8. The monoisotopic (exact) mass is 342 g/mol. The van der Waals surface area contributed by atoms with Crippen molar-refractivity contribution in [1.29, 1.82) is 0 Å². The second-order valence-corrected chi connectivity index (χ2v) is 5.59. The number of rotatable bonds is 6. The third-order valence-corrected chi connectivity index (χ3v) is 3.65. The van der Waals surface area contributed by atoms with Gasteiger partial charge in [-0.15, -0.1) is 0 Å². The van der Waals surface area contributed by atoms with Crippen LogP contribution in [0.5, 0.6) is 0 Å². The molecule has 3 aromatic rings. The normalized spacial score (nSPS) is 10.5. The number of halogens is 1. The zero-order valence-electron chi connectivity index (χ0n) is 12.8. The molecule has 7 heteroatoms. The van der Waals surface area contributed by atoms with E-state index in [4.69, 9.17) is 16.1 Å². The molecule has 0 aliphatic heterocycles. The lowest BCUT2D eigenvalue weighted by Crippen LogP contribution is -2.23. The lowest BCUT2D eigenvalue weighted by molar-refractivity contribution is -0.121. The third kappa shape index (κ3) is 4.39. The molecule has 122 valence electrons. The molecule has 0 spiro atoms. The van der Waals surface area contributed by atoms with Gasteiger partial charge in [0.25, 0.3) is 0 Å². The highest BCUT2D eigenvalue weighted by Crippen LogP contribution is 2.14. The maximum absolute atomic E-state index is 11.9. The van der Waals surface area contributed by atoms with E-state index in [0.29, 0.717) is 29.6 Å². The van der Waals surface area contributed by atoms with Crippen LogP contribution >= 0.6 is 11.6 Å². The number of benzene rings is 1. The van der Waals surface area contributed by atoms with Gasteiger partial charge in [0, 0.05) is 29.4 Å². The number of carbonyl (C=O) groups excluding carboxylic acids is 1. The van der Waals surface area contributed by atoms with Crippen molar-refractivity contribution < 1.29 is 9.32 Å². The van der Waals surface area contributed by atoms with E-state index in [9.17, 15) is 4.79 Å². The van der Waals surface area contributed by atoms with Gasteiger partial charge in [-0.25, -0.2) is 0 Å². The summed E-state index contributed by atoms with van der Waals surface area (Å²) in [6.45, 7) is 0.206. The topological polar surface area (TPSA) is 80.9 Å². The minimum Gasteiger partial charge on any atom is -0.347 e. The van der Waals surface area contributed by atoms with Crippen molar-refractivity contribution in [3.8, 4) is 11.4 Å². The van der Waals surface area contributed by atoms with Crippen LogP contribution in [0.2, 0.25) is 5.02 Å². The molecule has 1 N–H and O–H groups in total. The number of nitrogens with zero attached hydrogens (tertiary/aromatic N) is 3. The summed E-state index contributed by atoms with van der Waals surface area (Å²) in [5.41, 5.74) is 1.88. The Morgan fingerprint density at radius 1 is 1.12 bits per heavy atom. The van der Waals surface area contributed by atoms with Crippen LogP contribution < -0.4 is 5.32 Å². The Hall–Kier alpha value is -2.73. The summed E-state index contributed by atoms with van der Waals surface area (Å²) < 4.78 is 5.13. The molecule has 0 saturated carbocycles. The lowest BCUT2D eigenvalue weighted by Gasteiger charge is -2.03. The third-order valence-electron chi connectivity index (χ3n) is 3.40. The number of carbonyl (C=O) groups is 1. The van der Waals surface area contributed by atoms with Crippen molar-refractivity contribution in [2.45, 2.75) is 19.4 Å². The number of hydrogen-bond acceptors (Lipinski definition) is 5. The van der Waals surface area contributed by atoms with Gasteiger partial charge >= 0.3 is 0 Å². The fourth-order valence-corrected chi connectivity index (χ4v) is 2.24. The predicted octanol–water partition coefficient (Wildman–Crippen LogP) is 3.03. The van der Waals surface area contributed by atoms with Crippen LogP contribution in [0.3, 0.4) is 0 Å². The molecule has 2 aromatic heterocycles. The maximum Gasteiger partial charge on any atom is 0.246 e. The Balaban J connectivity index is 1.48. The smallest absolute Gasteiger partial charge is 0.246 e. The summed E-state index contributed by atoms with van der Waals surface area (Å²) in [6, 6.07) is 11.0. The molecule has 1 aromatic carbocycles. The molecule has 6 nitrogen and oxygen atoms in total. The van der Waals surface area contributed by atoms with E-state index in [2.05, 4.69) is 20.4 Å². The van der Waals surface area contributed by atoms with Crippen molar-refractivity contribution in [2.24, 2.45) is 0 Å². The van der Waals surface area contributed by atoms with Crippen molar-refractivity contribution in [3.63, 3.8) is 0 Å². The summed E-state index contributed by atoms with van der Waals surface area (Å²) >= 11 is 5.83. The minimum absolute atomic E-state index is 0.0754. The maximum atomic E-state index is 11.9. The van der Waals surface area contributed by atoms with Gasteiger partial charge in [-0.1, -0.05) is 28.9 Å². The van der Waals surface area contributed by atoms with Gasteiger partial charge in [0.1, 0.15) is 0 Å². The molecule has 0 radical (unpaired) electrons. The Kier molecular flexibility index (Phi) is 5.18. The first-order chi connectivity index (χ1) is 11.7. The predicted molar refractivity (Wildman–Crippen MR) is 89.1 cm³/mol. The Bertz CT molecular complexity index is 803. The van der Waals surface area contributed by atoms with Crippen LogP contribution in [0.15, 0.2) is 53.3 Å². The molecule has 0 atom stereocenters. The number of pyridine rings is 1. The Labute approximate surface area is 143 Å². The van der Waals surface area contributed by atoms with Crippen LogP contribution in [0.4, 0.5) is 0 Å². The molecule has 0 bridgehead atoms. The first-order valence-electron chi connectivity index (χ1n) is 7.45. The fraction of sp³-hybridized carbons (Fsp3) is 0.176. The van der Waals surface area contributed by atoms with Gasteiger partial charge in [0.15, 0.2) is 0 Å². The Morgan fingerprint density at radius 3 is 2.62 bits per heavy atom. The SMILES string of the molecule is O=C(CCc1ccc(Cl)cc1)NCc1nc(-c2ccncc2)no1. The number of aryl methyl sites for hydroxylation is 1. The van der Waals surface area contributed by atoms with E-state index in [-0.39, 0.29) is 12.5 Å². The van der Waals surface area contributed by atoms with Gasteiger partial charge in [-0.05, 0) is 36.2 Å². The molecule has 0 aliphatic carbocycles. The summed E-state index contributed by atoms with van der Waals surface area (Å²) in [4.78, 5) is 20.1. The summed E-state index contributed by atoms with van der Waals surface area (Å²) in [5.74, 6) is 0.762. The van der Waals surface area contributed by atoms with E-state index in [1.165, 1.54) is 0 Å².